The summed E-state index contributed by atoms with van der Waals surface area (Å²) in [5, 5.41) is 0. The van der Waals surface area contributed by atoms with Crippen molar-refractivity contribution < 1.29 is 4.79 Å². The van der Waals surface area contributed by atoms with Crippen LogP contribution in [0.2, 0.25) is 0 Å². The number of carbonyl (C=O) groups excluding carboxylic acids is 1. The van der Waals surface area contributed by atoms with E-state index in [1.165, 1.54) is 6.42 Å². The number of para-hydroxylation sites is 1. The molecule has 1 aromatic rings. The van der Waals surface area contributed by atoms with E-state index in [1.54, 1.807) is 0 Å². The summed E-state index contributed by atoms with van der Waals surface area (Å²) in [4.78, 5) is 14.3. The molecule has 0 saturated carbocycles. The highest BCUT2D eigenvalue weighted by molar-refractivity contribution is 5.80. The largest absolute Gasteiger partial charge is 0.398 e. The highest BCUT2D eigenvalue weighted by Gasteiger charge is 2.30. The van der Waals surface area contributed by atoms with Gasteiger partial charge in [0.15, 0.2) is 0 Å². The zero-order valence-corrected chi connectivity index (χ0v) is 12.0. The first-order chi connectivity index (χ1) is 9.04. The van der Waals surface area contributed by atoms with E-state index in [1.807, 2.05) is 29.2 Å². The number of anilines is 1. The fourth-order valence-corrected chi connectivity index (χ4v) is 2.62. The van der Waals surface area contributed by atoms with Gasteiger partial charge in [-0.1, -0.05) is 38.5 Å². The van der Waals surface area contributed by atoms with Crippen LogP contribution in [0.3, 0.4) is 0 Å². The second-order valence-corrected chi connectivity index (χ2v) is 5.92. The standard InChI is InChI=1S/C16H24N2O/c1-3-16(2)8-10-18(11-9-16)15(19)12-13-6-4-5-7-14(13)17/h4-7H,3,8-12,17H2,1-2H3. The molecule has 19 heavy (non-hydrogen) atoms. The third-order valence-electron chi connectivity index (χ3n) is 4.57. The highest BCUT2D eigenvalue weighted by Crippen LogP contribution is 2.34. The van der Waals surface area contributed by atoms with Crippen LogP contribution >= 0.6 is 0 Å². The molecule has 0 radical (unpaired) electrons. The molecule has 0 spiro atoms. The summed E-state index contributed by atoms with van der Waals surface area (Å²) in [5.41, 5.74) is 7.97. The predicted molar refractivity (Wildman–Crippen MR) is 78.8 cm³/mol. The zero-order chi connectivity index (χ0) is 13.9. The van der Waals surface area contributed by atoms with Crippen LogP contribution in [0, 0.1) is 5.41 Å². The molecule has 2 N–H and O–H groups in total. The first-order valence-electron chi connectivity index (χ1n) is 7.15. The number of nitrogens with two attached hydrogens (primary N) is 1. The molecule has 0 bridgehead atoms. The molecule has 104 valence electrons. The summed E-state index contributed by atoms with van der Waals surface area (Å²) in [7, 11) is 0. The van der Waals surface area contributed by atoms with E-state index in [0.29, 0.717) is 17.5 Å². The fraction of sp³-hybridized carbons (Fsp3) is 0.562. The Kier molecular flexibility index (Phi) is 4.13. The molecule has 1 heterocycles. The smallest absolute Gasteiger partial charge is 0.227 e. The molecule has 0 unspecified atom stereocenters. The number of likely N-dealkylation sites (tertiary alicyclic amines) is 1. The van der Waals surface area contributed by atoms with Crippen molar-refractivity contribution in [1.29, 1.82) is 0 Å². The Morgan fingerprint density at radius 1 is 1.32 bits per heavy atom. The van der Waals surface area contributed by atoms with Crippen LogP contribution in [0.1, 0.15) is 38.7 Å². The molecule has 0 atom stereocenters. The maximum absolute atomic E-state index is 12.3. The van der Waals surface area contributed by atoms with Crippen molar-refractivity contribution in [1.82, 2.24) is 4.90 Å². The lowest BCUT2D eigenvalue weighted by molar-refractivity contribution is -0.132. The molecule has 0 aromatic heterocycles. The number of amides is 1. The summed E-state index contributed by atoms with van der Waals surface area (Å²) in [6, 6.07) is 7.63. The predicted octanol–water partition coefficient (Wildman–Crippen LogP) is 2.85. The average molecular weight is 260 g/mol. The number of benzene rings is 1. The van der Waals surface area contributed by atoms with Gasteiger partial charge in [0.05, 0.1) is 6.42 Å². The molecule has 3 heteroatoms. The van der Waals surface area contributed by atoms with Crippen LogP contribution in [0.25, 0.3) is 0 Å². The minimum Gasteiger partial charge on any atom is -0.398 e. The Labute approximate surface area is 115 Å². The van der Waals surface area contributed by atoms with Gasteiger partial charge in [-0.25, -0.2) is 0 Å². The van der Waals surface area contributed by atoms with Crippen molar-refractivity contribution in [3.63, 3.8) is 0 Å². The molecule has 1 amide bonds. The van der Waals surface area contributed by atoms with E-state index >= 15 is 0 Å². The van der Waals surface area contributed by atoms with Gasteiger partial charge in [0.25, 0.3) is 0 Å². The van der Waals surface area contributed by atoms with E-state index in [9.17, 15) is 4.79 Å². The number of hydrogen-bond acceptors (Lipinski definition) is 2. The molecule has 1 saturated heterocycles. The Morgan fingerprint density at radius 3 is 2.53 bits per heavy atom. The quantitative estimate of drug-likeness (QED) is 0.849. The maximum Gasteiger partial charge on any atom is 0.227 e. The monoisotopic (exact) mass is 260 g/mol. The molecule has 1 aliphatic rings. The third-order valence-corrected chi connectivity index (χ3v) is 4.57. The van der Waals surface area contributed by atoms with E-state index in [4.69, 9.17) is 5.73 Å². The number of hydrogen-bond donors (Lipinski definition) is 1. The minimum absolute atomic E-state index is 0.205. The normalized spacial score (nSPS) is 18.3. The van der Waals surface area contributed by atoms with E-state index < -0.39 is 0 Å². The van der Waals surface area contributed by atoms with Gasteiger partial charge in [-0.3, -0.25) is 4.79 Å². The fourth-order valence-electron chi connectivity index (χ4n) is 2.62. The molecular weight excluding hydrogens is 236 g/mol. The molecule has 2 rings (SSSR count). The van der Waals surface area contributed by atoms with Gasteiger partial charge in [-0.2, -0.15) is 0 Å². The second kappa shape index (κ2) is 5.64. The molecular formula is C16H24N2O. The molecule has 1 fully saturated rings. The van der Waals surface area contributed by atoms with E-state index in [-0.39, 0.29) is 5.91 Å². The Morgan fingerprint density at radius 2 is 1.95 bits per heavy atom. The lowest BCUT2D eigenvalue weighted by atomic mass is 9.78. The van der Waals surface area contributed by atoms with Crippen molar-refractivity contribution in [2.24, 2.45) is 5.41 Å². The minimum atomic E-state index is 0.205. The average Bonchev–Trinajstić information content (AvgIpc) is 2.42. The van der Waals surface area contributed by atoms with Crippen LogP contribution in [-0.4, -0.2) is 23.9 Å². The van der Waals surface area contributed by atoms with Crippen molar-refractivity contribution in [2.45, 2.75) is 39.5 Å². The van der Waals surface area contributed by atoms with Gasteiger partial charge in [-0.15, -0.1) is 0 Å². The summed E-state index contributed by atoms with van der Waals surface area (Å²) in [5.74, 6) is 0.205. The van der Waals surface area contributed by atoms with Gasteiger partial charge in [0, 0.05) is 18.8 Å². The Balaban J connectivity index is 1.94. The summed E-state index contributed by atoms with van der Waals surface area (Å²) in [6.07, 6.45) is 3.84. The number of rotatable bonds is 3. The number of piperidine rings is 1. The molecule has 0 aliphatic carbocycles. The van der Waals surface area contributed by atoms with Gasteiger partial charge in [-0.05, 0) is 29.9 Å². The molecule has 1 aromatic carbocycles. The van der Waals surface area contributed by atoms with Crippen LogP contribution < -0.4 is 5.73 Å². The maximum atomic E-state index is 12.3. The van der Waals surface area contributed by atoms with Crippen molar-refractivity contribution in [3.8, 4) is 0 Å². The van der Waals surface area contributed by atoms with Crippen LogP contribution in [0.5, 0.6) is 0 Å². The van der Waals surface area contributed by atoms with E-state index in [2.05, 4.69) is 13.8 Å². The summed E-state index contributed by atoms with van der Waals surface area (Å²) in [6.45, 7) is 6.33. The van der Waals surface area contributed by atoms with Crippen LogP contribution in [0.4, 0.5) is 5.69 Å². The SMILES string of the molecule is CCC1(C)CCN(C(=O)Cc2ccccc2N)CC1. The van der Waals surface area contributed by atoms with Gasteiger partial charge in [0.2, 0.25) is 5.91 Å². The number of nitrogens with zero attached hydrogens (tertiary/aromatic N) is 1. The highest BCUT2D eigenvalue weighted by atomic mass is 16.2. The molecule has 1 aliphatic heterocycles. The Hall–Kier alpha value is -1.51. The second-order valence-electron chi connectivity index (χ2n) is 5.92. The summed E-state index contributed by atoms with van der Waals surface area (Å²) >= 11 is 0. The summed E-state index contributed by atoms with van der Waals surface area (Å²) < 4.78 is 0. The third kappa shape index (κ3) is 3.28. The van der Waals surface area contributed by atoms with E-state index in [0.717, 1.165) is 31.5 Å². The first-order valence-corrected chi connectivity index (χ1v) is 7.15. The molecule has 3 nitrogen and oxygen atoms in total. The lowest BCUT2D eigenvalue weighted by Gasteiger charge is -2.39. The van der Waals surface area contributed by atoms with Crippen LogP contribution in [-0.2, 0) is 11.2 Å². The van der Waals surface area contributed by atoms with Gasteiger partial charge < -0.3 is 10.6 Å². The first kappa shape index (κ1) is 13.9. The Bertz CT molecular complexity index is 448. The topological polar surface area (TPSA) is 46.3 Å². The van der Waals surface area contributed by atoms with Crippen LogP contribution in [0.15, 0.2) is 24.3 Å². The lowest BCUT2D eigenvalue weighted by Crippen LogP contribution is -2.42. The van der Waals surface area contributed by atoms with Crippen molar-refractivity contribution in [3.05, 3.63) is 29.8 Å². The van der Waals surface area contributed by atoms with Crippen molar-refractivity contribution >= 4 is 11.6 Å². The van der Waals surface area contributed by atoms with Gasteiger partial charge in [0.1, 0.15) is 0 Å². The number of carbonyl (C=O) groups is 1. The van der Waals surface area contributed by atoms with Gasteiger partial charge >= 0.3 is 0 Å². The number of nitrogen functional groups attached to an aromatic ring is 1. The zero-order valence-electron chi connectivity index (χ0n) is 12.0. The van der Waals surface area contributed by atoms with Crippen molar-refractivity contribution in [2.75, 3.05) is 18.8 Å².